The lowest BCUT2D eigenvalue weighted by Gasteiger charge is -2.36. The fourth-order valence-electron chi connectivity index (χ4n) is 5.19. The first kappa shape index (κ1) is 19.8. The van der Waals surface area contributed by atoms with Crippen LogP contribution in [0, 0.1) is 0 Å². The summed E-state index contributed by atoms with van der Waals surface area (Å²) in [5.41, 5.74) is 3.03. The number of nitrogens with one attached hydrogen (secondary N) is 2. The van der Waals surface area contributed by atoms with Gasteiger partial charge >= 0.3 is 0 Å². The van der Waals surface area contributed by atoms with E-state index in [0.717, 1.165) is 61.7 Å². The largest absolute Gasteiger partial charge is 0.355 e. The van der Waals surface area contributed by atoms with Gasteiger partial charge in [-0.2, -0.15) is 0 Å². The van der Waals surface area contributed by atoms with E-state index in [2.05, 4.69) is 37.1 Å². The van der Waals surface area contributed by atoms with Crippen molar-refractivity contribution in [3.8, 4) is 0 Å². The minimum atomic E-state index is 0.0786. The summed E-state index contributed by atoms with van der Waals surface area (Å²) < 4.78 is 2.12. The number of fused-ring (bicyclic) bond motifs is 1. The number of anilines is 1. The van der Waals surface area contributed by atoms with Crippen LogP contribution < -0.4 is 15.5 Å². The number of aromatic nitrogens is 3. The van der Waals surface area contributed by atoms with Crippen LogP contribution in [0.5, 0.6) is 0 Å². The van der Waals surface area contributed by atoms with Gasteiger partial charge in [0.15, 0.2) is 0 Å². The van der Waals surface area contributed by atoms with Crippen molar-refractivity contribution in [1.29, 1.82) is 0 Å². The summed E-state index contributed by atoms with van der Waals surface area (Å²) in [6.07, 6.45) is 7.39. The van der Waals surface area contributed by atoms with Gasteiger partial charge in [-0.05, 0) is 56.4 Å². The molecule has 1 saturated carbocycles. The molecule has 1 aliphatic carbocycles. The van der Waals surface area contributed by atoms with Crippen LogP contribution in [-0.2, 0) is 0 Å². The van der Waals surface area contributed by atoms with Gasteiger partial charge in [0.25, 0.3) is 0 Å². The van der Waals surface area contributed by atoms with Crippen LogP contribution in [0.1, 0.15) is 55.6 Å². The molecule has 8 heteroatoms. The van der Waals surface area contributed by atoms with Crippen LogP contribution in [0.2, 0.25) is 10.2 Å². The monoisotopic (exact) mass is 456 g/mol. The summed E-state index contributed by atoms with van der Waals surface area (Å²) in [4.78, 5) is 11.9. The van der Waals surface area contributed by atoms with Crippen molar-refractivity contribution in [1.82, 2.24) is 25.0 Å². The quantitative estimate of drug-likeness (QED) is 0.605. The van der Waals surface area contributed by atoms with E-state index < -0.39 is 0 Å². The molecule has 5 heterocycles. The molecule has 3 aliphatic rings. The number of rotatable bonds is 3. The predicted molar refractivity (Wildman–Crippen MR) is 124 cm³/mol. The second-order valence-electron chi connectivity index (χ2n) is 9.07. The average Bonchev–Trinajstić information content (AvgIpc) is 3.45. The number of hydrogen-bond acceptors (Lipinski definition) is 5. The highest BCUT2D eigenvalue weighted by Crippen LogP contribution is 2.40. The Morgan fingerprint density at radius 2 is 1.87 bits per heavy atom. The fraction of sp³-hybridized carbons (Fsp3) is 0.478. The summed E-state index contributed by atoms with van der Waals surface area (Å²) in [6.45, 7) is 3.01. The SMILES string of the molecule is Clc1cccnc1[C@@H]1CCC[C@H](c2nc3cccc(N4CCNC5(CC5)C4)n3c2Cl)N1. The lowest BCUT2D eigenvalue weighted by atomic mass is 9.94. The first-order valence-electron chi connectivity index (χ1n) is 11.2. The molecule has 3 aromatic heterocycles. The molecule has 6 rings (SSSR count). The first-order valence-corrected chi connectivity index (χ1v) is 11.9. The van der Waals surface area contributed by atoms with Gasteiger partial charge in [-0.1, -0.05) is 29.3 Å². The van der Waals surface area contributed by atoms with Gasteiger partial charge in [-0.15, -0.1) is 0 Å². The standard InChI is InChI=1S/C23H26Cl2N6/c24-15-4-3-11-26-20(15)16-5-1-6-17(28-16)21-22(25)31-18(29-21)7-2-8-19(31)30-13-12-27-23(14-30)9-10-23/h2-4,7-8,11,16-17,27-28H,1,5-6,9-10,12-14H2/t16-,17+/m0/s1. The van der Waals surface area contributed by atoms with Crippen LogP contribution in [0.15, 0.2) is 36.5 Å². The van der Waals surface area contributed by atoms with E-state index >= 15 is 0 Å². The van der Waals surface area contributed by atoms with E-state index in [4.69, 9.17) is 28.2 Å². The second kappa shape index (κ2) is 7.62. The predicted octanol–water partition coefficient (Wildman–Crippen LogP) is 4.53. The van der Waals surface area contributed by atoms with Crippen LogP contribution in [0.3, 0.4) is 0 Å². The Hall–Kier alpha value is -1.86. The molecule has 31 heavy (non-hydrogen) atoms. The summed E-state index contributed by atoms with van der Waals surface area (Å²) in [5.74, 6) is 1.13. The molecule has 1 spiro atoms. The van der Waals surface area contributed by atoms with Gasteiger partial charge in [0, 0.05) is 31.4 Å². The zero-order valence-electron chi connectivity index (χ0n) is 17.3. The number of nitrogens with zero attached hydrogens (tertiary/aromatic N) is 4. The highest BCUT2D eigenvalue weighted by atomic mass is 35.5. The van der Waals surface area contributed by atoms with Crippen molar-refractivity contribution in [3.63, 3.8) is 0 Å². The fourth-order valence-corrected chi connectivity index (χ4v) is 5.79. The Morgan fingerprint density at radius 1 is 1.03 bits per heavy atom. The Morgan fingerprint density at radius 3 is 2.68 bits per heavy atom. The van der Waals surface area contributed by atoms with Gasteiger partial charge in [-0.3, -0.25) is 9.38 Å². The average molecular weight is 457 g/mol. The maximum Gasteiger partial charge on any atom is 0.139 e. The minimum Gasteiger partial charge on any atom is -0.355 e. The van der Waals surface area contributed by atoms with E-state index in [1.54, 1.807) is 6.20 Å². The molecule has 0 bridgehead atoms. The van der Waals surface area contributed by atoms with Gasteiger partial charge in [0.1, 0.15) is 16.6 Å². The molecule has 3 aromatic rings. The highest BCUT2D eigenvalue weighted by molar-refractivity contribution is 6.31. The third kappa shape index (κ3) is 3.50. The number of imidazole rings is 1. The molecule has 2 atom stereocenters. The van der Waals surface area contributed by atoms with Gasteiger partial charge in [0.05, 0.1) is 28.5 Å². The topological polar surface area (TPSA) is 57.5 Å². The van der Waals surface area contributed by atoms with Crippen molar-refractivity contribution in [2.45, 2.75) is 49.7 Å². The smallest absolute Gasteiger partial charge is 0.139 e. The van der Waals surface area contributed by atoms with E-state index in [0.29, 0.717) is 15.7 Å². The van der Waals surface area contributed by atoms with Crippen molar-refractivity contribution < 1.29 is 0 Å². The van der Waals surface area contributed by atoms with Crippen molar-refractivity contribution in [2.75, 3.05) is 24.5 Å². The molecular formula is C23H26Cl2N6. The zero-order valence-corrected chi connectivity index (χ0v) is 18.8. The third-order valence-corrected chi connectivity index (χ3v) is 7.66. The number of piperidine rings is 1. The summed E-state index contributed by atoms with van der Waals surface area (Å²) in [7, 11) is 0. The number of piperazine rings is 1. The lowest BCUT2D eigenvalue weighted by molar-refractivity contribution is 0.322. The molecule has 0 aromatic carbocycles. The summed E-state index contributed by atoms with van der Waals surface area (Å²) in [5, 5.41) is 8.82. The maximum atomic E-state index is 7.00. The number of pyridine rings is 2. The molecule has 162 valence electrons. The Labute approximate surface area is 192 Å². The minimum absolute atomic E-state index is 0.0786. The summed E-state index contributed by atoms with van der Waals surface area (Å²) >= 11 is 13.4. The highest BCUT2D eigenvalue weighted by Gasteiger charge is 2.46. The number of halogens is 2. The number of hydrogen-bond donors (Lipinski definition) is 2. The Kier molecular flexibility index (Phi) is 4.87. The van der Waals surface area contributed by atoms with Crippen LogP contribution in [0.25, 0.3) is 5.65 Å². The van der Waals surface area contributed by atoms with E-state index in [1.807, 2.05) is 18.2 Å². The molecular weight excluding hydrogens is 431 g/mol. The van der Waals surface area contributed by atoms with E-state index in [9.17, 15) is 0 Å². The molecule has 6 nitrogen and oxygen atoms in total. The molecule has 3 fully saturated rings. The van der Waals surface area contributed by atoms with Crippen LogP contribution in [0.4, 0.5) is 5.82 Å². The van der Waals surface area contributed by atoms with E-state index in [1.165, 1.54) is 12.8 Å². The van der Waals surface area contributed by atoms with E-state index in [-0.39, 0.29) is 12.1 Å². The Bertz CT molecular complexity index is 1120. The zero-order chi connectivity index (χ0) is 21.0. The van der Waals surface area contributed by atoms with Gasteiger partial charge < -0.3 is 15.5 Å². The third-order valence-electron chi connectivity index (χ3n) is 6.98. The lowest BCUT2D eigenvalue weighted by Crippen LogP contribution is -2.53. The molecule has 2 N–H and O–H groups in total. The molecule has 0 unspecified atom stereocenters. The molecule has 0 amide bonds. The first-order chi connectivity index (χ1) is 15.1. The van der Waals surface area contributed by atoms with Crippen molar-refractivity contribution >= 4 is 34.7 Å². The second-order valence-corrected chi connectivity index (χ2v) is 9.83. The maximum absolute atomic E-state index is 7.00. The summed E-state index contributed by atoms with van der Waals surface area (Å²) in [6, 6.07) is 10.3. The van der Waals surface area contributed by atoms with Crippen molar-refractivity contribution in [2.24, 2.45) is 0 Å². The van der Waals surface area contributed by atoms with Crippen molar-refractivity contribution in [3.05, 3.63) is 58.1 Å². The van der Waals surface area contributed by atoms with Crippen LogP contribution in [-0.4, -0.2) is 39.5 Å². The normalized spacial score (nSPS) is 25.3. The molecule has 0 radical (unpaired) electrons. The van der Waals surface area contributed by atoms with Gasteiger partial charge in [-0.25, -0.2) is 4.98 Å². The molecule has 2 aliphatic heterocycles. The molecule has 2 saturated heterocycles. The Balaban J connectivity index is 1.33. The van der Waals surface area contributed by atoms with Crippen LogP contribution >= 0.6 is 23.2 Å². The van der Waals surface area contributed by atoms with Gasteiger partial charge in [0.2, 0.25) is 0 Å².